The summed E-state index contributed by atoms with van der Waals surface area (Å²) in [4.78, 5) is 0. The van der Waals surface area contributed by atoms with E-state index in [4.69, 9.17) is 9.81 Å². The van der Waals surface area contributed by atoms with Crippen LogP contribution in [-0.2, 0) is 4.33 Å². The van der Waals surface area contributed by atoms with Crippen LogP contribution in [0.4, 0.5) is 0 Å². The summed E-state index contributed by atoms with van der Waals surface area (Å²) in [6, 6.07) is 0. The van der Waals surface area contributed by atoms with Crippen molar-refractivity contribution in [1.29, 1.82) is 0 Å². The van der Waals surface area contributed by atoms with E-state index in [1.54, 1.807) is 0 Å². The van der Waals surface area contributed by atoms with Crippen molar-refractivity contribution < 1.29 is 45.1 Å². The standard InChI is InChI=1S/Na.H2O3S.H/c;1-3-4-2;/h;1-2H;/q+1;;-1. The van der Waals surface area contributed by atoms with Crippen molar-refractivity contribution in [3.8, 4) is 0 Å². The monoisotopic (exact) mass is 106 g/mol. The Bertz CT molecular complexity index is 12.8. The third kappa shape index (κ3) is 11.0. The molecule has 0 aromatic carbocycles. The quantitative estimate of drug-likeness (QED) is 0.171. The van der Waals surface area contributed by atoms with Gasteiger partial charge in [0.05, 0.1) is 0 Å². The maximum absolute atomic E-state index is 7.32. The smallest absolute Gasteiger partial charge is 1.00 e. The molecule has 0 bridgehead atoms. The minimum atomic E-state index is -0.0880. The van der Waals surface area contributed by atoms with Gasteiger partial charge >= 0.3 is 29.6 Å². The van der Waals surface area contributed by atoms with E-state index >= 15 is 0 Å². The maximum atomic E-state index is 7.32. The molecule has 0 amide bonds. The van der Waals surface area contributed by atoms with Crippen LogP contribution < -0.4 is 29.6 Å². The predicted octanol–water partition coefficient (Wildman–Crippen LogP) is -2.29. The molecule has 5 heavy (non-hydrogen) atoms. The van der Waals surface area contributed by atoms with E-state index in [0.717, 1.165) is 0 Å². The molecule has 28 valence electrons. The first-order valence-corrected chi connectivity index (χ1v) is 1.23. The van der Waals surface area contributed by atoms with Crippen molar-refractivity contribution in [1.82, 2.24) is 0 Å². The first-order chi connectivity index (χ1) is 1.91. The number of hydrogen-bond acceptors (Lipinski definition) is 4. The molecule has 0 aromatic heterocycles. The minimum Gasteiger partial charge on any atom is -1.00 e. The maximum Gasteiger partial charge on any atom is 1.00 e. The van der Waals surface area contributed by atoms with Crippen molar-refractivity contribution in [2.24, 2.45) is 0 Å². The van der Waals surface area contributed by atoms with Gasteiger partial charge in [-0.1, -0.05) is 0 Å². The molecule has 5 heteroatoms. The first-order valence-electron chi connectivity index (χ1n) is 0.532. The zero-order valence-electron chi connectivity index (χ0n) is 3.71. The minimum absolute atomic E-state index is 0. The fourth-order valence-corrected chi connectivity index (χ4v) is 0. The fraction of sp³-hybridized carbons (Fsp3) is 0. The van der Waals surface area contributed by atoms with Gasteiger partial charge in [-0.3, -0.25) is 0 Å². The Balaban J connectivity index is -0.0000000450. The predicted molar refractivity (Wildman–Crippen MR) is 15.0 cm³/mol. The average molecular weight is 106 g/mol. The van der Waals surface area contributed by atoms with Crippen LogP contribution in [0.2, 0.25) is 0 Å². The Kier molecular flexibility index (Phi) is 17.1. The Morgan fingerprint density at radius 1 is 1.80 bits per heavy atom. The van der Waals surface area contributed by atoms with Gasteiger partial charge in [-0.15, -0.1) is 4.33 Å². The molecule has 0 rings (SSSR count). The molecule has 0 heterocycles. The zero-order chi connectivity index (χ0) is 3.41. The SMILES string of the molecule is OOSO.[H-].[Na+]. The van der Waals surface area contributed by atoms with Gasteiger partial charge in [-0.2, -0.15) is 0 Å². The normalized spacial score (nSPS) is 6.00. The fourth-order valence-electron chi connectivity index (χ4n) is 0. The van der Waals surface area contributed by atoms with Crippen molar-refractivity contribution in [2.45, 2.75) is 0 Å². The van der Waals surface area contributed by atoms with Gasteiger partial charge in [-0.25, -0.2) is 5.26 Å². The second-order valence-corrected chi connectivity index (χ2v) is 0.447. The van der Waals surface area contributed by atoms with Crippen LogP contribution in [0.1, 0.15) is 1.43 Å². The van der Waals surface area contributed by atoms with Crippen LogP contribution in [-0.4, -0.2) is 9.81 Å². The summed E-state index contributed by atoms with van der Waals surface area (Å²) in [5.41, 5.74) is 0. The summed E-state index contributed by atoms with van der Waals surface area (Å²) in [6.45, 7) is 0. The van der Waals surface area contributed by atoms with Gasteiger partial charge in [-0.05, 0) is 0 Å². The summed E-state index contributed by atoms with van der Waals surface area (Å²) >= 11 is -0.0880. The van der Waals surface area contributed by atoms with Crippen LogP contribution in [0.15, 0.2) is 0 Å². The van der Waals surface area contributed by atoms with E-state index in [1.165, 1.54) is 0 Å². The molecule has 0 aliphatic rings. The molecule has 0 fully saturated rings. The number of hydrogen-bond donors (Lipinski definition) is 2. The van der Waals surface area contributed by atoms with Crippen molar-refractivity contribution in [3.05, 3.63) is 0 Å². The van der Waals surface area contributed by atoms with Gasteiger partial charge in [0.25, 0.3) is 0 Å². The molecule has 0 aromatic rings. The van der Waals surface area contributed by atoms with E-state index in [2.05, 4.69) is 4.33 Å². The Morgan fingerprint density at radius 2 is 2.00 bits per heavy atom. The molecular formula is H3NaO3S. The van der Waals surface area contributed by atoms with E-state index in [-0.39, 0.29) is 43.3 Å². The van der Waals surface area contributed by atoms with Crippen LogP contribution in [0, 0.1) is 0 Å². The molecule has 0 unspecified atom stereocenters. The van der Waals surface area contributed by atoms with Crippen LogP contribution >= 0.6 is 12.3 Å². The van der Waals surface area contributed by atoms with Crippen LogP contribution in [0.5, 0.6) is 0 Å². The Morgan fingerprint density at radius 3 is 2.00 bits per heavy atom. The summed E-state index contributed by atoms with van der Waals surface area (Å²) in [6.07, 6.45) is 0. The third-order valence-corrected chi connectivity index (χ3v) is 0.100. The molecule has 2 N–H and O–H groups in total. The van der Waals surface area contributed by atoms with Gasteiger partial charge in [0.15, 0.2) is 12.3 Å². The van der Waals surface area contributed by atoms with E-state index in [9.17, 15) is 0 Å². The number of rotatable bonds is 1. The molecule has 0 radical (unpaired) electrons. The van der Waals surface area contributed by atoms with Gasteiger partial charge in [0.1, 0.15) is 0 Å². The molecule has 0 aliphatic carbocycles. The van der Waals surface area contributed by atoms with Gasteiger partial charge < -0.3 is 5.98 Å². The first kappa shape index (κ1) is 9.52. The Labute approximate surface area is 57.4 Å². The molecule has 3 nitrogen and oxygen atoms in total. The van der Waals surface area contributed by atoms with E-state index < -0.39 is 0 Å². The van der Waals surface area contributed by atoms with Crippen LogP contribution in [0.25, 0.3) is 0 Å². The molecular weight excluding hydrogens is 103 g/mol. The molecule has 0 spiro atoms. The summed E-state index contributed by atoms with van der Waals surface area (Å²) in [7, 11) is 0. The molecule has 0 aliphatic heterocycles. The van der Waals surface area contributed by atoms with E-state index in [0.29, 0.717) is 0 Å². The molecule has 0 saturated heterocycles. The zero-order valence-corrected chi connectivity index (χ0v) is 5.53. The van der Waals surface area contributed by atoms with Crippen LogP contribution in [0.3, 0.4) is 0 Å². The van der Waals surface area contributed by atoms with Gasteiger partial charge in [0, 0.05) is 0 Å². The van der Waals surface area contributed by atoms with Crippen molar-refractivity contribution >= 4 is 12.3 Å². The second-order valence-electron chi connectivity index (χ2n) is 0.149. The van der Waals surface area contributed by atoms with Crippen molar-refractivity contribution in [3.63, 3.8) is 0 Å². The summed E-state index contributed by atoms with van der Waals surface area (Å²) in [5.74, 6) is 0. The Hall–Kier alpha value is 1.23. The second kappa shape index (κ2) is 8.97. The van der Waals surface area contributed by atoms with Crippen molar-refractivity contribution in [2.75, 3.05) is 0 Å². The van der Waals surface area contributed by atoms with E-state index in [1.807, 2.05) is 0 Å². The summed E-state index contributed by atoms with van der Waals surface area (Å²) in [5, 5.41) is 7.09. The average Bonchev–Trinajstić information content (AvgIpc) is 1.37. The third-order valence-electron chi connectivity index (χ3n) is 0.0333. The molecule has 0 saturated carbocycles. The summed E-state index contributed by atoms with van der Waals surface area (Å²) < 4.78 is 10.3. The largest absolute Gasteiger partial charge is 1.00 e. The van der Waals surface area contributed by atoms with Gasteiger partial charge in [0.2, 0.25) is 0 Å². The molecule has 0 atom stereocenters. The topological polar surface area (TPSA) is 49.7 Å².